The number of hydrogen-bond donors (Lipinski definition) is 1. The van der Waals surface area contributed by atoms with E-state index in [2.05, 4.69) is 15.1 Å². The summed E-state index contributed by atoms with van der Waals surface area (Å²) >= 11 is 1.24. The zero-order chi connectivity index (χ0) is 17.4. The lowest BCUT2D eigenvalue weighted by atomic mass is 10.3. The van der Waals surface area contributed by atoms with Crippen molar-refractivity contribution in [2.45, 2.75) is 24.0 Å². The molecule has 0 saturated heterocycles. The van der Waals surface area contributed by atoms with Gasteiger partial charge in [-0.1, -0.05) is 30.0 Å². The molecule has 0 radical (unpaired) electrons. The summed E-state index contributed by atoms with van der Waals surface area (Å²) in [4.78, 5) is 33.4. The standard InChI is InChI=1S/C17H17N5O2S/c1-21(11-7-8-11)14(23)10-25-17-19-15-13(16(24)20-17)9-18-22(15)12-5-3-2-4-6-12/h2-6,9,11H,7-8,10H2,1H3,(H,19,20,24). The maximum absolute atomic E-state index is 12.3. The Morgan fingerprint density at radius 1 is 1.36 bits per heavy atom. The smallest absolute Gasteiger partial charge is 0.262 e. The highest BCUT2D eigenvalue weighted by Crippen LogP contribution is 2.26. The van der Waals surface area contributed by atoms with Crippen LogP contribution in [0.3, 0.4) is 0 Å². The molecule has 0 atom stereocenters. The molecule has 1 aliphatic carbocycles. The minimum absolute atomic E-state index is 0.0480. The first kappa shape index (κ1) is 15.9. The van der Waals surface area contributed by atoms with E-state index in [0.29, 0.717) is 22.2 Å². The maximum Gasteiger partial charge on any atom is 0.262 e. The number of carbonyl (C=O) groups is 1. The number of thioether (sulfide) groups is 1. The van der Waals surface area contributed by atoms with Gasteiger partial charge in [-0.05, 0) is 25.0 Å². The highest BCUT2D eigenvalue weighted by molar-refractivity contribution is 7.99. The van der Waals surface area contributed by atoms with Crippen LogP contribution in [0, 0.1) is 0 Å². The number of rotatable bonds is 5. The normalized spacial score (nSPS) is 14.0. The predicted octanol–water partition coefficient (Wildman–Crippen LogP) is 1.82. The van der Waals surface area contributed by atoms with Crippen molar-refractivity contribution in [1.29, 1.82) is 0 Å². The topological polar surface area (TPSA) is 83.9 Å². The van der Waals surface area contributed by atoms with E-state index in [9.17, 15) is 9.59 Å². The molecule has 1 N–H and O–H groups in total. The molecular formula is C17H17N5O2S. The number of para-hydroxylation sites is 1. The molecule has 3 aromatic rings. The monoisotopic (exact) mass is 355 g/mol. The van der Waals surface area contributed by atoms with Crippen molar-refractivity contribution in [1.82, 2.24) is 24.6 Å². The van der Waals surface area contributed by atoms with Crippen molar-refractivity contribution in [3.63, 3.8) is 0 Å². The van der Waals surface area contributed by atoms with Crippen LogP contribution in [0.4, 0.5) is 0 Å². The van der Waals surface area contributed by atoms with Gasteiger partial charge in [0.05, 0.1) is 17.6 Å². The Morgan fingerprint density at radius 2 is 2.12 bits per heavy atom. The Balaban J connectivity index is 1.62. The molecule has 0 unspecified atom stereocenters. The van der Waals surface area contributed by atoms with Crippen LogP contribution < -0.4 is 5.56 Å². The fourth-order valence-corrected chi connectivity index (χ4v) is 3.40. The van der Waals surface area contributed by atoms with Crippen LogP contribution in [0.15, 0.2) is 46.5 Å². The molecule has 8 heteroatoms. The van der Waals surface area contributed by atoms with Gasteiger partial charge in [-0.15, -0.1) is 0 Å². The number of nitrogens with zero attached hydrogens (tertiary/aromatic N) is 4. The molecule has 2 heterocycles. The number of H-pyrrole nitrogens is 1. The number of benzene rings is 1. The summed E-state index contributed by atoms with van der Waals surface area (Å²) in [6, 6.07) is 9.89. The molecule has 0 bridgehead atoms. The summed E-state index contributed by atoms with van der Waals surface area (Å²) in [6.45, 7) is 0. The van der Waals surface area contributed by atoms with Gasteiger partial charge in [-0.2, -0.15) is 5.10 Å². The Hall–Kier alpha value is -2.61. The lowest BCUT2D eigenvalue weighted by molar-refractivity contribution is -0.127. The number of carbonyl (C=O) groups excluding carboxylic acids is 1. The van der Waals surface area contributed by atoms with E-state index in [1.165, 1.54) is 18.0 Å². The highest BCUT2D eigenvalue weighted by Gasteiger charge is 2.29. The molecule has 1 aromatic carbocycles. The Labute approximate surface area is 148 Å². The zero-order valence-corrected chi connectivity index (χ0v) is 14.5. The first-order chi connectivity index (χ1) is 12.1. The molecule has 128 valence electrons. The van der Waals surface area contributed by atoms with Crippen molar-refractivity contribution in [2.75, 3.05) is 12.8 Å². The quantitative estimate of drug-likeness (QED) is 0.557. The molecule has 1 fully saturated rings. The summed E-state index contributed by atoms with van der Waals surface area (Å²) < 4.78 is 1.63. The fraction of sp³-hybridized carbons (Fsp3) is 0.294. The van der Waals surface area contributed by atoms with E-state index in [1.807, 2.05) is 37.4 Å². The lowest BCUT2D eigenvalue weighted by Crippen LogP contribution is -2.30. The third-order valence-corrected chi connectivity index (χ3v) is 5.10. The molecule has 0 spiro atoms. The van der Waals surface area contributed by atoms with Crippen LogP contribution >= 0.6 is 11.8 Å². The first-order valence-electron chi connectivity index (χ1n) is 8.05. The van der Waals surface area contributed by atoms with Crippen LogP contribution in [-0.4, -0.2) is 49.4 Å². The summed E-state index contributed by atoms with van der Waals surface area (Å²) in [5, 5.41) is 5.12. The number of aromatic nitrogens is 4. The number of nitrogens with one attached hydrogen (secondary N) is 1. The predicted molar refractivity (Wildman–Crippen MR) is 96.0 cm³/mol. The van der Waals surface area contributed by atoms with E-state index in [4.69, 9.17) is 0 Å². The van der Waals surface area contributed by atoms with Gasteiger partial charge < -0.3 is 9.88 Å². The molecule has 0 aliphatic heterocycles. The van der Waals surface area contributed by atoms with Crippen molar-refractivity contribution >= 4 is 28.7 Å². The second-order valence-corrected chi connectivity index (χ2v) is 6.99. The molecule has 25 heavy (non-hydrogen) atoms. The fourth-order valence-electron chi connectivity index (χ4n) is 2.62. The zero-order valence-electron chi connectivity index (χ0n) is 13.7. The lowest BCUT2D eigenvalue weighted by Gasteiger charge is -2.15. The third kappa shape index (κ3) is 3.17. The van der Waals surface area contributed by atoms with Crippen LogP contribution in [0.1, 0.15) is 12.8 Å². The van der Waals surface area contributed by atoms with E-state index < -0.39 is 0 Å². The summed E-state index contributed by atoms with van der Waals surface area (Å²) in [7, 11) is 1.82. The molecular weight excluding hydrogens is 338 g/mol. The Bertz CT molecular complexity index is 978. The van der Waals surface area contributed by atoms with Crippen LogP contribution in [-0.2, 0) is 4.79 Å². The summed E-state index contributed by atoms with van der Waals surface area (Å²) in [5.41, 5.74) is 1.06. The van der Waals surface area contributed by atoms with Crippen molar-refractivity contribution < 1.29 is 4.79 Å². The number of hydrogen-bond acceptors (Lipinski definition) is 5. The van der Waals surface area contributed by atoms with Gasteiger partial charge in [0.15, 0.2) is 10.8 Å². The van der Waals surface area contributed by atoms with Crippen LogP contribution in [0.5, 0.6) is 0 Å². The molecule has 1 saturated carbocycles. The van der Waals surface area contributed by atoms with Gasteiger partial charge in [0.1, 0.15) is 5.39 Å². The highest BCUT2D eigenvalue weighted by atomic mass is 32.2. The second-order valence-electron chi connectivity index (χ2n) is 6.02. The number of amides is 1. The van der Waals surface area contributed by atoms with E-state index in [-0.39, 0.29) is 17.2 Å². The van der Waals surface area contributed by atoms with E-state index in [1.54, 1.807) is 9.58 Å². The minimum atomic E-state index is -0.252. The summed E-state index contributed by atoms with van der Waals surface area (Å²) in [6.07, 6.45) is 3.66. The SMILES string of the molecule is CN(C(=O)CSc1nc2c(cnn2-c2ccccc2)c(=O)[nH]1)C1CC1. The van der Waals surface area contributed by atoms with Crippen LogP contribution in [0.25, 0.3) is 16.7 Å². The molecule has 4 rings (SSSR count). The van der Waals surface area contributed by atoms with Gasteiger partial charge in [0.25, 0.3) is 5.56 Å². The minimum Gasteiger partial charge on any atom is -0.342 e. The number of aromatic amines is 1. The average molecular weight is 355 g/mol. The average Bonchev–Trinajstić information content (AvgIpc) is 3.39. The number of fused-ring (bicyclic) bond motifs is 1. The molecule has 7 nitrogen and oxygen atoms in total. The van der Waals surface area contributed by atoms with Gasteiger partial charge in [-0.25, -0.2) is 9.67 Å². The third-order valence-electron chi connectivity index (χ3n) is 4.24. The van der Waals surface area contributed by atoms with Crippen molar-refractivity contribution in [2.24, 2.45) is 0 Å². The van der Waals surface area contributed by atoms with E-state index >= 15 is 0 Å². The molecule has 1 amide bonds. The van der Waals surface area contributed by atoms with Gasteiger partial charge >= 0.3 is 0 Å². The van der Waals surface area contributed by atoms with Crippen LogP contribution in [0.2, 0.25) is 0 Å². The summed E-state index contributed by atoms with van der Waals surface area (Å²) in [5.74, 6) is 0.299. The second kappa shape index (κ2) is 6.36. The Kier molecular flexibility index (Phi) is 4.04. The van der Waals surface area contributed by atoms with Gasteiger partial charge in [0.2, 0.25) is 5.91 Å². The largest absolute Gasteiger partial charge is 0.342 e. The van der Waals surface area contributed by atoms with Gasteiger partial charge in [0, 0.05) is 13.1 Å². The first-order valence-corrected chi connectivity index (χ1v) is 9.04. The maximum atomic E-state index is 12.3. The molecule has 1 aliphatic rings. The molecule has 2 aromatic heterocycles. The Morgan fingerprint density at radius 3 is 2.84 bits per heavy atom. The van der Waals surface area contributed by atoms with Crippen molar-refractivity contribution in [3.8, 4) is 5.69 Å². The van der Waals surface area contributed by atoms with E-state index in [0.717, 1.165) is 18.5 Å². The van der Waals surface area contributed by atoms with Crippen molar-refractivity contribution in [3.05, 3.63) is 46.9 Å². The van der Waals surface area contributed by atoms with Gasteiger partial charge in [-0.3, -0.25) is 9.59 Å².